The highest BCUT2D eigenvalue weighted by atomic mass is 35.5. The second-order valence-electron chi connectivity index (χ2n) is 2.44. The number of rotatable bonds is 0. The van der Waals surface area contributed by atoms with Gasteiger partial charge >= 0.3 is 10.6 Å². The van der Waals surface area contributed by atoms with Gasteiger partial charge in [-0.2, -0.15) is 0 Å². The normalized spacial score (nSPS) is 7.83. The number of halogens is 3. The fourth-order valence-corrected chi connectivity index (χ4v) is 0.479. The molecule has 0 spiro atoms. The molecular formula is C6H12Cl3N3. The third kappa shape index (κ3) is 5.56. The summed E-state index contributed by atoms with van der Waals surface area (Å²) in [6.07, 6.45) is 0. The number of amidine groups is 2. The summed E-state index contributed by atoms with van der Waals surface area (Å²) in [6.45, 7) is 0. The molecule has 0 aliphatic heterocycles. The Kier molecular flexibility index (Phi) is 7.75. The standard InChI is InChI=1S/C6H12Cl2N3.ClH/c1-10(2)5(7)9-6(8)11(3)4;/h1-4H3;1H/q+1;/p-1. The van der Waals surface area contributed by atoms with Crippen LogP contribution in [0, 0.1) is 0 Å². The van der Waals surface area contributed by atoms with E-state index in [4.69, 9.17) is 23.2 Å². The number of nitrogens with zero attached hydrogens (tertiary/aromatic N) is 3. The van der Waals surface area contributed by atoms with Gasteiger partial charge in [-0.25, -0.2) is 4.67 Å². The van der Waals surface area contributed by atoms with Crippen LogP contribution in [0.1, 0.15) is 0 Å². The Bertz CT molecular complexity index is 176. The molecule has 0 aromatic carbocycles. The summed E-state index contributed by atoms with van der Waals surface area (Å²) in [5.74, 6) is 0. The molecule has 0 rings (SSSR count). The van der Waals surface area contributed by atoms with Crippen molar-refractivity contribution in [1.82, 2.24) is 14.5 Å². The fraction of sp³-hybridized carbons (Fsp3) is 0.667. The van der Waals surface area contributed by atoms with Gasteiger partial charge in [-0.3, -0.25) is 9.80 Å². The molecule has 0 aromatic rings. The first kappa shape index (κ1) is 14.4. The largest absolute Gasteiger partial charge is 1.00 e. The van der Waals surface area contributed by atoms with Crippen LogP contribution in [0.2, 0.25) is 0 Å². The van der Waals surface area contributed by atoms with Crippen LogP contribution in [-0.4, -0.2) is 48.6 Å². The molecule has 0 amide bonds. The highest BCUT2D eigenvalue weighted by molar-refractivity contribution is 6.68. The maximum absolute atomic E-state index is 5.70. The summed E-state index contributed by atoms with van der Waals surface area (Å²) >= 11 is 11.4. The van der Waals surface area contributed by atoms with Crippen LogP contribution in [0.4, 0.5) is 0 Å². The summed E-state index contributed by atoms with van der Waals surface area (Å²) in [5.41, 5.74) is 0. The minimum absolute atomic E-state index is 0. The summed E-state index contributed by atoms with van der Waals surface area (Å²) < 4.78 is 3.89. The molecule has 0 aliphatic rings. The van der Waals surface area contributed by atoms with Gasteiger partial charge in [0.15, 0.2) is 0 Å². The Balaban J connectivity index is 0. The molecule has 0 bridgehead atoms. The van der Waals surface area contributed by atoms with Crippen LogP contribution in [-0.2, 0) is 0 Å². The maximum atomic E-state index is 5.70. The van der Waals surface area contributed by atoms with Crippen LogP contribution in [0.5, 0.6) is 0 Å². The van der Waals surface area contributed by atoms with Crippen LogP contribution in [0.25, 0.3) is 0 Å². The Morgan fingerprint density at radius 2 is 1.17 bits per heavy atom. The van der Waals surface area contributed by atoms with Gasteiger partial charge in [-0.05, 0) is 0 Å². The molecule has 0 saturated heterocycles. The van der Waals surface area contributed by atoms with E-state index in [1.807, 2.05) is 0 Å². The predicted molar refractivity (Wildman–Crippen MR) is 51.2 cm³/mol. The zero-order valence-corrected chi connectivity index (χ0v) is 9.74. The number of hydrogen-bond acceptors (Lipinski definition) is 0. The van der Waals surface area contributed by atoms with Crippen molar-refractivity contribution in [2.75, 3.05) is 28.2 Å². The second kappa shape index (κ2) is 6.44. The van der Waals surface area contributed by atoms with Gasteiger partial charge in [-0.15, -0.1) is 0 Å². The molecule has 0 atom stereocenters. The second-order valence-corrected chi connectivity index (χ2v) is 3.11. The molecule has 6 heteroatoms. The van der Waals surface area contributed by atoms with Crippen molar-refractivity contribution in [3.63, 3.8) is 0 Å². The Morgan fingerprint density at radius 3 is 1.33 bits per heavy atom. The van der Waals surface area contributed by atoms with Crippen LogP contribution < -0.4 is 17.1 Å². The van der Waals surface area contributed by atoms with Crippen LogP contribution in [0.15, 0.2) is 0 Å². The lowest BCUT2D eigenvalue weighted by Gasteiger charge is -2.00. The molecular weight excluding hydrogens is 220 g/mol. The summed E-state index contributed by atoms with van der Waals surface area (Å²) in [5, 5.41) is 0.729. The lowest BCUT2D eigenvalue weighted by Crippen LogP contribution is -3.00. The molecule has 0 fully saturated rings. The lowest BCUT2D eigenvalue weighted by molar-refractivity contribution is -0.00000243. The summed E-state index contributed by atoms with van der Waals surface area (Å²) in [6, 6.07) is 0. The third-order valence-electron chi connectivity index (χ3n) is 0.923. The van der Waals surface area contributed by atoms with E-state index < -0.39 is 0 Å². The fourth-order valence-electron chi connectivity index (χ4n) is 0.276. The zero-order chi connectivity index (χ0) is 9.02. The summed E-state index contributed by atoms with van der Waals surface area (Å²) in [4.78, 5) is 3.35. The molecule has 0 radical (unpaired) electrons. The van der Waals surface area contributed by atoms with Gasteiger partial charge < -0.3 is 12.4 Å². The van der Waals surface area contributed by atoms with E-state index in [0.717, 1.165) is 0 Å². The minimum atomic E-state index is 0. The molecule has 0 aliphatic carbocycles. The molecule has 3 nitrogen and oxygen atoms in total. The number of hydrogen-bond donors (Lipinski definition) is 0. The van der Waals surface area contributed by atoms with Crippen molar-refractivity contribution in [3.8, 4) is 0 Å². The smallest absolute Gasteiger partial charge is 0.384 e. The molecule has 0 heterocycles. The minimum Gasteiger partial charge on any atom is -1.00 e. The summed E-state index contributed by atoms with van der Waals surface area (Å²) in [7, 11) is 7.19. The van der Waals surface area contributed by atoms with Gasteiger partial charge in [0.05, 0.1) is 28.2 Å². The predicted octanol–water partition coefficient (Wildman–Crippen LogP) is -2.63. The molecule has 12 heavy (non-hydrogen) atoms. The van der Waals surface area contributed by atoms with Gasteiger partial charge in [0.25, 0.3) is 0 Å². The van der Waals surface area contributed by atoms with Crippen molar-refractivity contribution >= 4 is 33.8 Å². The third-order valence-corrected chi connectivity index (χ3v) is 1.77. The van der Waals surface area contributed by atoms with E-state index in [-0.39, 0.29) is 12.4 Å². The zero-order valence-electron chi connectivity index (χ0n) is 7.48. The molecule has 0 N–H and O–H groups in total. The Hall–Kier alpha value is -0.0800. The monoisotopic (exact) mass is 231 g/mol. The van der Waals surface area contributed by atoms with Crippen molar-refractivity contribution in [2.24, 2.45) is 0 Å². The van der Waals surface area contributed by atoms with Crippen molar-refractivity contribution in [2.45, 2.75) is 0 Å². The van der Waals surface area contributed by atoms with E-state index in [2.05, 4.69) is 4.67 Å². The van der Waals surface area contributed by atoms with Crippen LogP contribution in [0.3, 0.4) is 0 Å². The van der Waals surface area contributed by atoms with Gasteiger partial charge in [0.1, 0.15) is 0 Å². The van der Waals surface area contributed by atoms with Gasteiger partial charge in [0.2, 0.25) is 0 Å². The van der Waals surface area contributed by atoms with E-state index in [1.54, 1.807) is 38.0 Å². The highest BCUT2D eigenvalue weighted by Gasteiger charge is 2.07. The van der Waals surface area contributed by atoms with Crippen molar-refractivity contribution < 1.29 is 12.4 Å². The maximum Gasteiger partial charge on any atom is 0.384 e. The average molecular weight is 233 g/mol. The van der Waals surface area contributed by atoms with E-state index in [1.165, 1.54) is 0 Å². The Morgan fingerprint density at radius 1 is 0.917 bits per heavy atom. The SMILES string of the molecule is CN(C)C(Cl)=[N+]=C(Cl)N(C)C.[Cl-]. The highest BCUT2D eigenvalue weighted by Crippen LogP contribution is 1.86. The van der Waals surface area contributed by atoms with Crippen LogP contribution >= 0.6 is 23.2 Å². The molecule has 72 valence electrons. The van der Waals surface area contributed by atoms with Gasteiger partial charge in [-0.1, -0.05) is 0 Å². The molecule has 0 saturated carbocycles. The average Bonchev–Trinajstić information content (AvgIpc) is 1.87. The van der Waals surface area contributed by atoms with E-state index >= 15 is 0 Å². The van der Waals surface area contributed by atoms with Gasteiger partial charge in [0, 0.05) is 23.2 Å². The first-order chi connectivity index (χ1) is 4.95. The van der Waals surface area contributed by atoms with Crippen molar-refractivity contribution in [1.29, 1.82) is 0 Å². The quantitative estimate of drug-likeness (QED) is 0.197. The first-order valence-electron chi connectivity index (χ1n) is 3.06. The lowest BCUT2D eigenvalue weighted by atomic mass is 10.9. The van der Waals surface area contributed by atoms with E-state index in [0.29, 0.717) is 10.6 Å². The van der Waals surface area contributed by atoms with E-state index in [9.17, 15) is 0 Å². The topological polar surface area (TPSA) is 20.6 Å². The molecule has 0 aromatic heterocycles. The molecule has 0 unspecified atom stereocenters. The van der Waals surface area contributed by atoms with Crippen molar-refractivity contribution in [3.05, 3.63) is 0 Å². The Labute approximate surface area is 89.1 Å². The first-order valence-corrected chi connectivity index (χ1v) is 3.82.